The summed E-state index contributed by atoms with van der Waals surface area (Å²) in [5.41, 5.74) is 0. The van der Waals surface area contributed by atoms with E-state index in [1.807, 2.05) is 0 Å². The molecular formula is C13H29NO4. The summed E-state index contributed by atoms with van der Waals surface area (Å²) in [5, 5.41) is 12.4. The minimum absolute atomic E-state index is 0.155. The van der Waals surface area contributed by atoms with Crippen LogP contribution in [-0.4, -0.2) is 64.4 Å². The first-order valence-corrected chi connectivity index (χ1v) is 6.83. The minimum Gasteiger partial charge on any atom is -0.395 e. The Balaban J connectivity index is 3.17. The van der Waals surface area contributed by atoms with Gasteiger partial charge >= 0.3 is 0 Å². The number of aliphatic hydroxyl groups is 1. The zero-order chi connectivity index (χ0) is 13.5. The summed E-state index contributed by atoms with van der Waals surface area (Å²) in [7, 11) is 1.66. The van der Waals surface area contributed by atoms with Gasteiger partial charge in [0.2, 0.25) is 0 Å². The Morgan fingerprint density at radius 1 is 1.06 bits per heavy atom. The number of hydrogen-bond donors (Lipinski definition) is 2. The first-order chi connectivity index (χ1) is 8.85. The van der Waals surface area contributed by atoms with Gasteiger partial charge < -0.3 is 24.6 Å². The topological polar surface area (TPSA) is 60.0 Å². The second-order valence-corrected chi connectivity index (χ2v) is 4.19. The van der Waals surface area contributed by atoms with Gasteiger partial charge in [0.15, 0.2) is 0 Å². The normalized spacial score (nSPS) is 12.8. The fraction of sp³-hybridized carbons (Fsp3) is 1.00. The molecule has 0 aromatic carbocycles. The van der Waals surface area contributed by atoms with Gasteiger partial charge in [-0.3, -0.25) is 0 Å². The Labute approximate surface area is 111 Å². The van der Waals surface area contributed by atoms with Crippen molar-refractivity contribution >= 4 is 0 Å². The van der Waals surface area contributed by atoms with E-state index in [1.54, 1.807) is 7.11 Å². The van der Waals surface area contributed by atoms with Crippen LogP contribution in [0.25, 0.3) is 0 Å². The molecule has 110 valence electrons. The van der Waals surface area contributed by atoms with Crippen LogP contribution in [-0.2, 0) is 14.2 Å². The van der Waals surface area contributed by atoms with E-state index in [1.165, 1.54) is 0 Å². The summed E-state index contributed by atoms with van der Waals surface area (Å²) in [4.78, 5) is 0. The van der Waals surface area contributed by atoms with E-state index < -0.39 is 0 Å². The maximum Gasteiger partial charge on any atom is 0.0700 e. The average molecular weight is 263 g/mol. The highest BCUT2D eigenvalue weighted by Crippen LogP contribution is 1.94. The summed E-state index contributed by atoms with van der Waals surface area (Å²) in [6.07, 6.45) is 2.83. The fourth-order valence-electron chi connectivity index (χ4n) is 1.44. The highest BCUT2D eigenvalue weighted by Gasteiger charge is 2.05. The molecule has 0 aromatic rings. The molecule has 0 aliphatic heterocycles. The molecular weight excluding hydrogens is 234 g/mol. The Hall–Kier alpha value is -0.200. The monoisotopic (exact) mass is 263 g/mol. The van der Waals surface area contributed by atoms with Crippen LogP contribution in [0, 0.1) is 0 Å². The van der Waals surface area contributed by atoms with Crippen LogP contribution >= 0.6 is 0 Å². The SMILES string of the molecule is CCCNC(CO)CCOCCCOCCOC. The van der Waals surface area contributed by atoms with Crippen molar-refractivity contribution in [2.75, 3.05) is 53.3 Å². The standard InChI is InChI=1S/C13H29NO4/c1-3-6-14-13(12-15)5-9-17-7-4-8-18-11-10-16-2/h13-15H,3-12H2,1-2H3. The van der Waals surface area contributed by atoms with E-state index in [4.69, 9.17) is 19.3 Å². The molecule has 2 N–H and O–H groups in total. The van der Waals surface area contributed by atoms with Crippen molar-refractivity contribution in [1.82, 2.24) is 5.32 Å². The van der Waals surface area contributed by atoms with Crippen LogP contribution < -0.4 is 5.32 Å². The molecule has 0 fully saturated rings. The summed E-state index contributed by atoms with van der Waals surface area (Å²) < 4.78 is 15.7. The van der Waals surface area contributed by atoms with Crippen LogP contribution in [0.1, 0.15) is 26.2 Å². The van der Waals surface area contributed by atoms with Crippen molar-refractivity contribution < 1.29 is 19.3 Å². The van der Waals surface area contributed by atoms with Crippen molar-refractivity contribution in [3.63, 3.8) is 0 Å². The molecule has 5 heteroatoms. The molecule has 0 amide bonds. The van der Waals surface area contributed by atoms with Gasteiger partial charge in [-0.1, -0.05) is 6.92 Å². The lowest BCUT2D eigenvalue weighted by atomic mass is 10.2. The summed E-state index contributed by atoms with van der Waals surface area (Å²) in [5.74, 6) is 0. The lowest BCUT2D eigenvalue weighted by molar-refractivity contribution is 0.0489. The van der Waals surface area contributed by atoms with E-state index in [0.717, 1.165) is 25.8 Å². The molecule has 0 aliphatic rings. The zero-order valence-electron chi connectivity index (χ0n) is 11.8. The van der Waals surface area contributed by atoms with Gasteiger partial charge in [-0.05, 0) is 25.8 Å². The highest BCUT2D eigenvalue weighted by atomic mass is 16.5. The van der Waals surface area contributed by atoms with Crippen molar-refractivity contribution in [1.29, 1.82) is 0 Å². The third-order valence-electron chi connectivity index (χ3n) is 2.52. The molecule has 0 spiro atoms. The molecule has 0 heterocycles. The molecule has 0 bridgehead atoms. The maximum atomic E-state index is 9.13. The second-order valence-electron chi connectivity index (χ2n) is 4.19. The second kappa shape index (κ2) is 14.9. The molecule has 1 atom stereocenters. The van der Waals surface area contributed by atoms with Crippen LogP contribution in [0.5, 0.6) is 0 Å². The Bertz CT molecular complexity index is 158. The number of rotatable bonds is 14. The van der Waals surface area contributed by atoms with Crippen LogP contribution in [0.2, 0.25) is 0 Å². The molecule has 0 saturated heterocycles. The first-order valence-electron chi connectivity index (χ1n) is 6.83. The third-order valence-corrected chi connectivity index (χ3v) is 2.52. The summed E-state index contributed by atoms with van der Waals surface area (Å²) >= 11 is 0. The molecule has 0 aliphatic carbocycles. The van der Waals surface area contributed by atoms with Crippen molar-refractivity contribution in [2.45, 2.75) is 32.2 Å². The van der Waals surface area contributed by atoms with E-state index in [-0.39, 0.29) is 12.6 Å². The van der Waals surface area contributed by atoms with Gasteiger partial charge in [0.1, 0.15) is 0 Å². The quantitative estimate of drug-likeness (QED) is 0.454. The van der Waals surface area contributed by atoms with Gasteiger partial charge in [0, 0.05) is 33.0 Å². The fourth-order valence-corrected chi connectivity index (χ4v) is 1.44. The van der Waals surface area contributed by atoms with Gasteiger partial charge in [0.05, 0.1) is 19.8 Å². The number of ether oxygens (including phenoxy) is 3. The number of nitrogens with one attached hydrogen (secondary N) is 1. The van der Waals surface area contributed by atoms with E-state index in [9.17, 15) is 0 Å². The van der Waals surface area contributed by atoms with Crippen LogP contribution in [0.3, 0.4) is 0 Å². The number of aliphatic hydroxyl groups excluding tert-OH is 1. The smallest absolute Gasteiger partial charge is 0.0700 e. The number of methoxy groups -OCH3 is 1. The lowest BCUT2D eigenvalue weighted by Gasteiger charge is -2.15. The predicted molar refractivity (Wildman–Crippen MR) is 71.9 cm³/mol. The molecule has 18 heavy (non-hydrogen) atoms. The number of hydrogen-bond acceptors (Lipinski definition) is 5. The van der Waals surface area contributed by atoms with Crippen LogP contribution in [0.4, 0.5) is 0 Å². The molecule has 0 aromatic heterocycles. The minimum atomic E-state index is 0.155. The molecule has 0 saturated carbocycles. The van der Waals surface area contributed by atoms with E-state index in [2.05, 4.69) is 12.2 Å². The van der Waals surface area contributed by atoms with Gasteiger partial charge in [-0.2, -0.15) is 0 Å². The molecule has 0 radical (unpaired) electrons. The highest BCUT2D eigenvalue weighted by molar-refractivity contribution is 4.64. The predicted octanol–water partition coefficient (Wildman–Crippen LogP) is 0.807. The lowest BCUT2D eigenvalue weighted by Crippen LogP contribution is -2.34. The largest absolute Gasteiger partial charge is 0.395 e. The third kappa shape index (κ3) is 12.3. The van der Waals surface area contributed by atoms with Gasteiger partial charge in [-0.15, -0.1) is 0 Å². The molecule has 1 unspecified atom stereocenters. The summed E-state index contributed by atoms with van der Waals surface area (Å²) in [6, 6.07) is 0.155. The van der Waals surface area contributed by atoms with Crippen molar-refractivity contribution in [2.24, 2.45) is 0 Å². The van der Waals surface area contributed by atoms with Crippen molar-refractivity contribution in [3.8, 4) is 0 Å². The molecule has 5 nitrogen and oxygen atoms in total. The van der Waals surface area contributed by atoms with E-state index in [0.29, 0.717) is 33.0 Å². The van der Waals surface area contributed by atoms with E-state index >= 15 is 0 Å². The zero-order valence-corrected chi connectivity index (χ0v) is 11.8. The van der Waals surface area contributed by atoms with Gasteiger partial charge in [-0.25, -0.2) is 0 Å². The Morgan fingerprint density at radius 2 is 1.78 bits per heavy atom. The van der Waals surface area contributed by atoms with Crippen molar-refractivity contribution in [3.05, 3.63) is 0 Å². The average Bonchev–Trinajstić information content (AvgIpc) is 2.40. The maximum absolute atomic E-state index is 9.13. The first kappa shape index (κ1) is 17.8. The van der Waals surface area contributed by atoms with Crippen LogP contribution in [0.15, 0.2) is 0 Å². The van der Waals surface area contributed by atoms with Gasteiger partial charge in [0.25, 0.3) is 0 Å². The summed E-state index contributed by atoms with van der Waals surface area (Å²) in [6.45, 7) is 6.61. The Morgan fingerprint density at radius 3 is 2.39 bits per heavy atom. The Kier molecular flexibility index (Phi) is 14.7. The molecule has 0 rings (SSSR count).